The van der Waals surface area contributed by atoms with Crippen LogP contribution in [0.2, 0.25) is 0 Å². The molecular weight excluding hydrogens is 162 g/mol. The predicted molar refractivity (Wildman–Crippen MR) is 18.8 cm³/mol. The van der Waals surface area contributed by atoms with E-state index in [1.807, 2.05) is 6.92 Å². The Kier molecular flexibility index (Phi) is 4.51. The molecule has 0 amide bonds. The molecule has 0 saturated heterocycles. The van der Waals surface area contributed by atoms with E-state index in [0.29, 0.717) is 0 Å². The van der Waals surface area contributed by atoms with E-state index in [2.05, 4.69) is 3.02 Å². The summed E-state index contributed by atoms with van der Waals surface area (Å²) in [5.74, 6) is 0. The molecule has 0 aliphatic heterocycles. The van der Waals surface area contributed by atoms with Crippen LogP contribution in [0.5, 0.6) is 0 Å². The first-order valence-electron chi connectivity index (χ1n) is 1.20. The van der Waals surface area contributed by atoms with Gasteiger partial charge in [-0.05, 0) is 0 Å². The summed E-state index contributed by atoms with van der Waals surface area (Å²) in [4.78, 5) is 0. The summed E-state index contributed by atoms with van der Waals surface area (Å²) in [7, 11) is 0. The minimum atomic E-state index is 0.859. The van der Waals surface area contributed by atoms with Crippen molar-refractivity contribution in [1.29, 1.82) is 0 Å². The topological polar surface area (TPSA) is 9.23 Å². The van der Waals surface area contributed by atoms with Gasteiger partial charge in [-0.25, -0.2) is 0 Å². The quantitative estimate of drug-likeness (QED) is 0.494. The van der Waals surface area contributed by atoms with Crippen LogP contribution < -0.4 is 0 Å². The zero-order chi connectivity index (χ0) is 3.41. The van der Waals surface area contributed by atoms with Crippen LogP contribution >= 0.6 is 0 Å². The molecule has 0 aromatic carbocycles. The second kappa shape index (κ2) is 3.78. The van der Waals surface area contributed by atoms with Crippen molar-refractivity contribution in [1.82, 2.24) is 0 Å². The van der Waals surface area contributed by atoms with E-state index >= 15 is 0 Å². The molecule has 0 aromatic heterocycles. The molecule has 4 heavy (non-hydrogen) atoms. The Labute approximate surface area is 40.4 Å². The van der Waals surface area contributed by atoms with E-state index in [9.17, 15) is 0 Å². The van der Waals surface area contributed by atoms with Crippen LogP contribution in [0.1, 0.15) is 6.92 Å². The summed E-state index contributed by atoms with van der Waals surface area (Å²) in [6.07, 6.45) is 0. The summed E-state index contributed by atoms with van der Waals surface area (Å²) in [6, 6.07) is 0. The molecular formula is C2H6OSb. The first kappa shape index (κ1) is 4.78. The molecule has 1 radical (unpaired) electrons. The third-order valence-corrected chi connectivity index (χ3v) is 0.968. The average Bonchev–Trinajstić information content (AvgIpc) is 1.37. The normalized spacial score (nSPS) is 7.50. The van der Waals surface area contributed by atoms with E-state index < -0.39 is 0 Å². The van der Waals surface area contributed by atoms with Crippen molar-refractivity contribution in [3.63, 3.8) is 0 Å². The molecule has 0 unspecified atom stereocenters. The Bertz CT molecular complexity index is 8.00. The Morgan fingerprint density at radius 1 is 2.00 bits per heavy atom. The van der Waals surface area contributed by atoms with Crippen molar-refractivity contribution < 1.29 is 3.02 Å². The van der Waals surface area contributed by atoms with E-state index in [1.54, 1.807) is 0 Å². The van der Waals surface area contributed by atoms with Gasteiger partial charge in [-0.2, -0.15) is 0 Å². The van der Waals surface area contributed by atoms with Crippen LogP contribution in [0.15, 0.2) is 0 Å². The molecule has 2 heteroatoms. The number of hydrogen-bond acceptors (Lipinski definition) is 1. The zero-order valence-electron chi connectivity index (χ0n) is 2.62. The molecule has 0 aliphatic carbocycles. The molecule has 25 valence electrons. The Morgan fingerprint density at radius 2 is 2.25 bits per heavy atom. The predicted octanol–water partition coefficient (Wildman–Crippen LogP) is -0.161. The van der Waals surface area contributed by atoms with Crippen LogP contribution in [0.3, 0.4) is 0 Å². The molecule has 0 fully saturated rings. The van der Waals surface area contributed by atoms with Crippen LogP contribution in [0, 0.1) is 0 Å². The Morgan fingerprint density at radius 3 is 2.25 bits per heavy atom. The summed E-state index contributed by atoms with van der Waals surface area (Å²) < 4.78 is 4.63. The fourth-order valence-corrected chi connectivity index (χ4v) is 0. The van der Waals surface area contributed by atoms with Gasteiger partial charge < -0.3 is 0 Å². The van der Waals surface area contributed by atoms with Crippen LogP contribution in [0.25, 0.3) is 0 Å². The van der Waals surface area contributed by atoms with Gasteiger partial charge in [0.05, 0.1) is 0 Å². The average molecular weight is 168 g/mol. The molecule has 1 nitrogen and oxygen atoms in total. The summed E-state index contributed by atoms with van der Waals surface area (Å²) >= 11 is 1.17. The van der Waals surface area contributed by atoms with Crippen molar-refractivity contribution in [2.24, 2.45) is 0 Å². The standard InChI is InChI=1S/C2H5O.Sb.H/c1-2-3;;/h2H2,1H3;;/q-1;+1;. The van der Waals surface area contributed by atoms with Crippen molar-refractivity contribution >= 4 is 23.4 Å². The van der Waals surface area contributed by atoms with Gasteiger partial charge in [0, 0.05) is 0 Å². The number of rotatable bonds is 1. The molecule has 0 saturated carbocycles. The van der Waals surface area contributed by atoms with Crippen LogP contribution in [0.4, 0.5) is 0 Å². The summed E-state index contributed by atoms with van der Waals surface area (Å²) in [6.45, 7) is 2.84. The first-order valence-corrected chi connectivity index (χ1v) is 2.37. The Hall–Kier alpha value is 0.778. The van der Waals surface area contributed by atoms with E-state index in [0.717, 1.165) is 6.61 Å². The number of hydrogen-bond donors (Lipinski definition) is 0. The second-order valence-corrected chi connectivity index (χ2v) is 1.26. The fourth-order valence-electron chi connectivity index (χ4n) is 0. The fraction of sp³-hybridized carbons (Fsp3) is 1.00. The Balaban J connectivity index is 1.97. The molecule has 0 spiro atoms. The van der Waals surface area contributed by atoms with E-state index in [4.69, 9.17) is 0 Å². The molecule has 0 heterocycles. The monoisotopic (exact) mass is 167 g/mol. The van der Waals surface area contributed by atoms with Gasteiger partial charge in [-0.3, -0.25) is 0 Å². The SMILES string of the molecule is CC[O][SbH]. The van der Waals surface area contributed by atoms with Gasteiger partial charge in [0.2, 0.25) is 0 Å². The van der Waals surface area contributed by atoms with E-state index in [-0.39, 0.29) is 0 Å². The molecule has 0 rings (SSSR count). The molecule has 0 bridgehead atoms. The van der Waals surface area contributed by atoms with Gasteiger partial charge in [0.1, 0.15) is 0 Å². The molecule has 0 atom stereocenters. The first-order chi connectivity index (χ1) is 1.91. The van der Waals surface area contributed by atoms with Gasteiger partial charge in [0.25, 0.3) is 0 Å². The zero-order valence-corrected chi connectivity index (χ0v) is 5.47. The maximum atomic E-state index is 4.63. The van der Waals surface area contributed by atoms with Gasteiger partial charge >= 0.3 is 40.0 Å². The summed E-state index contributed by atoms with van der Waals surface area (Å²) in [5, 5.41) is 0. The van der Waals surface area contributed by atoms with Gasteiger partial charge in [-0.15, -0.1) is 0 Å². The second-order valence-electron chi connectivity index (χ2n) is 0.433. The third-order valence-electron chi connectivity index (χ3n) is 0.144. The molecule has 0 aliphatic rings. The molecule has 0 N–H and O–H groups in total. The van der Waals surface area contributed by atoms with Gasteiger partial charge in [-0.1, -0.05) is 0 Å². The molecule has 0 aromatic rings. The maximum absolute atomic E-state index is 4.63. The van der Waals surface area contributed by atoms with Crippen molar-refractivity contribution in [3.05, 3.63) is 0 Å². The van der Waals surface area contributed by atoms with Crippen molar-refractivity contribution in [2.75, 3.05) is 6.61 Å². The van der Waals surface area contributed by atoms with Crippen molar-refractivity contribution in [2.45, 2.75) is 6.92 Å². The van der Waals surface area contributed by atoms with Crippen molar-refractivity contribution in [3.8, 4) is 0 Å². The third kappa shape index (κ3) is 2.78. The van der Waals surface area contributed by atoms with E-state index in [1.165, 1.54) is 23.4 Å². The summed E-state index contributed by atoms with van der Waals surface area (Å²) in [5.41, 5.74) is 0. The van der Waals surface area contributed by atoms with Crippen LogP contribution in [-0.4, -0.2) is 30.0 Å². The minimum absolute atomic E-state index is 0.859. The van der Waals surface area contributed by atoms with Crippen LogP contribution in [-0.2, 0) is 3.02 Å². The van der Waals surface area contributed by atoms with Gasteiger partial charge in [0.15, 0.2) is 0 Å².